The number of benzene rings is 1. The van der Waals surface area contributed by atoms with E-state index in [1.54, 1.807) is 24.3 Å². The number of rotatable bonds is 6. The van der Waals surface area contributed by atoms with Gasteiger partial charge in [0.1, 0.15) is 23.6 Å². The minimum Gasteiger partial charge on any atom is -0.438 e. The molecule has 3 heterocycles. The Kier molecular flexibility index (Phi) is 6.55. The number of halogens is 2. The zero-order valence-corrected chi connectivity index (χ0v) is 17.7. The Morgan fingerprint density at radius 3 is 2.65 bits per heavy atom. The summed E-state index contributed by atoms with van der Waals surface area (Å²) < 4.78 is 25.3. The summed E-state index contributed by atoms with van der Waals surface area (Å²) in [5, 5.41) is 0.488. The van der Waals surface area contributed by atoms with Crippen LogP contribution in [-0.4, -0.2) is 52.8 Å². The van der Waals surface area contributed by atoms with Gasteiger partial charge in [0.25, 0.3) is 0 Å². The fourth-order valence-corrected chi connectivity index (χ4v) is 3.35. The highest BCUT2D eigenvalue weighted by Gasteiger charge is 2.17. The molecule has 1 aromatic carbocycles. The van der Waals surface area contributed by atoms with E-state index in [-0.39, 0.29) is 6.54 Å². The molecule has 3 aromatic rings. The van der Waals surface area contributed by atoms with Gasteiger partial charge in [0, 0.05) is 54.7 Å². The minimum atomic E-state index is -1.31. The average molecular weight is 445 g/mol. The smallest absolute Gasteiger partial charge is 0.224 e. The van der Waals surface area contributed by atoms with E-state index in [0.717, 1.165) is 18.9 Å². The van der Waals surface area contributed by atoms with Crippen molar-refractivity contribution in [3.63, 3.8) is 0 Å². The first-order valence-corrected chi connectivity index (χ1v) is 10.2. The highest BCUT2D eigenvalue weighted by atomic mass is 35.5. The van der Waals surface area contributed by atoms with Crippen LogP contribution < -0.4 is 15.4 Å². The number of ether oxygens (including phenoxy) is 2. The lowest BCUT2D eigenvalue weighted by Crippen LogP contribution is -2.36. The summed E-state index contributed by atoms with van der Waals surface area (Å²) in [6.07, 6.45) is 1.53. The number of alkyl halides is 1. The Hall–Kier alpha value is -2.88. The second-order valence-corrected chi connectivity index (χ2v) is 7.43. The maximum Gasteiger partial charge on any atom is 0.224 e. The molecule has 10 heteroatoms. The van der Waals surface area contributed by atoms with Crippen molar-refractivity contribution < 1.29 is 13.9 Å². The van der Waals surface area contributed by atoms with Gasteiger partial charge < -0.3 is 20.1 Å². The van der Waals surface area contributed by atoms with Crippen LogP contribution in [0, 0.1) is 6.92 Å². The molecule has 2 N–H and O–H groups in total. The molecule has 0 saturated carbocycles. The molecule has 0 spiro atoms. The maximum atomic E-state index is 13.8. The number of morpholine rings is 1. The van der Waals surface area contributed by atoms with E-state index in [2.05, 4.69) is 24.8 Å². The highest BCUT2D eigenvalue weighted by molar-refractivity contribution is 6.30. The normalized spacial score (nSPS) is 15.0. The zero-order chi connectivity index (χ0) is 21.8. The van der Waals surface area contributed by atoms with E-state index < -0.39 is 6.17 Å². The van der Waals surface area contributed by atoms with Crippen molar-refractivity contribution in [1.82, 2.24) is 19.9 Å². The van der Waals surface area contributed by atoms with Crippen LogP contribution >= 0.6 is 11.6 Å². The highest BCUT2D eigenvalue weighted by Crippen LogP contribution is 2.34. The molecule has 8 nitrogen and oxygen atoms in total. The van der Waals surface area contributed by atoms with Gasteiger partial charge in [-0.3, -0.25) is 0 Å². The molecule has 1 aliphatic rings. The van der Waals surface area contributed by atoms with E-state index in [9.17, 15) is 4.39 Å². The quantitative estimate of drug-likeness (QED) is 0.616. The van der Waals surface area contributed by atoms with Crippen LogP contribution in [0.25, 0.3) is 11.4 Å². The number of anilines is 1. The number of hydrogen-bond acceptors (Lipinski definition) is 8. The fraction of sp³-hybridized carbons (Fsp3) is 0.333. The topological polar surface area (TPSA) is 99.3 Å². The second-order valence-electron chi connectivity index (χ2n) is 7.00. The molecule has 1 atom stereocenters. The van der Waals surface area contributed by atoms with Crippen LogP contribution in [-0.2, 0) is 4.74 Å². The Bertz CT molecular complexity index is 1050. The minimum absolute atomic E-state index is 0.128. The van der Waals surface area contributed by atoms with Crippen LogP contribution in [0.1, 0.15) is 17.6 Å². The van der Waals surface area contributed by atoms with Crippen molar-refractivity contribution in [2.45, 2.75) is 13.1 Å². The van der Waals surface area contributed by atoms with E-state index in [1.807, 2.05) is 6.92 Å². The van der Waals surface area contributed by atoms with Crippen LogP contribution in [0.2, 0.25) is 5.02 Å². The molecule has 0 unspecified atom stereocenters. The molecule has 31 heavy (non-hydrogen) atoms. The molecule has 4 rings (SSSR count). The Balaban J connectivity index is 1.65. The molecular weight excluding hydrogens is 423 g/mol. The number of aryl methyl sites for hydroxylation is 1. The first-order valence-electron chi connectivity index (χ1n) is 9.85. The molecule has 162 valence electrons. The van der Waals surface area contributed by atoms with Gasteiger partial charge in [-0.2, -0.15) is 4.98 Å². The van der Waals surface area contributed by atoms with Gasteiger partial charge in [-0.25, -0.2) is 19.3 Å². The van der Waals surface area contributed by atoms with Crippen molar-refractivity contribution in [1.29, 1.82) is 0 Å². The molecule has 0 amide bonds. The Labute approximate surface area is 184 Å². The van der Waals surface area contributed by atoms with Crippen molar-refractivity contribution >= 4 is 17.4 Å². The molecule has 0 radical (unpaired) electrons. The van der Waals surface area contributed by atoms with Gasteiger partial charge in [0.05, 0.1) is 18.8 Å². The summed E-state index contributed by atoms with van der Waals surface area (Å²) in [5.41, 5.74) is 6.29. The van der Waals surface area contributed by atoms with Crippen molar-refractivity contribution in [2.75, 3.05) is 37.7 Å². The number of aromatic nitrogens is 4. The first kappa shape index (κ1) is 21.4. The molecule has 1 saturated heterocycles. The van der Waals surface area contributed by atoms with Gasteiger partial charge in [0.2, 0.25) is 5.88 Å². The van der Waals surface area contributed by atoms with Gasteiger partial charge in [0.15, 0.2) is 5.82 Å². The van der Waals surface area contributed by atoms with Crippen molar-refractivity contribution in [3.05, 3.63) is 53.1 Å². The fourth-order valence-electron chi connectivity index (χ4n) is 3.18. The number of nitrogens with two attached hydrogens (primary N) is 1. The lowest BCUT2D eigenvalue weighted by Gasteiger charge is -2.28. The predicted octanol–water partition coefficient (Wildman–Crippen LogP) is 3.49. The van der Waals surface area contributed by atoms with Crippen LogP contribution in [0.5, 0.6) is 11.6 Å². The van der Waals surface area contributed by atoms with E-state index in [1.165, 1.54) is 12.4 Å². The molecule has 1 fully saturated rings. The predicted molar refractivity (Wildman–Crippen MR) is 115 cm³/mol. The van der Waals surface area contributed by atoms with Crippen LogP contribution in [0.3, 0.4) is 0 Å². The summed E-state index contributed by atoms with van der Waals surface area (Å²) in [4.78, 5) is 19.6. The first-order chi connectivity index (χ1) is 15.0. The summed E-state index contributed by atoms with van der Waals surface area (Å²) >= 11 is 6.20. The van der Waals surface area contributed by atoms with E-state index >= 15 is 0 Å². The van der Waals surface area contributed by atoms with Gasteiger partial charge >= 0.3 is 0 Å². The SMILES string of the molecule is Cc1nc(Oc2cc(Cl)ccc2-c2ncc([C@@H](F)CN)cn2)cc(N2CCOCC2)n1. The average Bonchev–Trinajstić information content (AvgIpc) is 2.79. The largest absolute Gasteiger partial charge is 0.438 e. The molecule has 0 bridgehead atoms. The number of nitrogens with zero attached hydrogens (tertiary/aromatic N) is 5. The lowest BCUT2D eigenvalue weighted by molar-refractivity contribution is 0.122. The summed E-state index contributed by atoms with van der Waals surface area (Å²) in [7, 11) is 0. The van der Waals surface area contributed by atoms with Gasteiger partial charge in [-0.1, -0.05) is 11.6 Å². The van der Waals surface area contributed by atoms with Crippen molar-refractivity contribution in [3.8, 4) is 23.0 Å². The van der Waals surface area contributed by atoms with E-state index in [4.69, 9.17) is 26.8 Å². The van der Waals surface area contributed by atoms with Gasteiger partial charge in [-0.15, -0.1) is 0 Å². The third-order valence-corrected chi connectivity index (χ3v) is 5.01. The summed E-state index contributed by atoms with van der Waals surface area (Å²) in [5.74, 6) is 2.53. The van der Waals surface area contributed by atoms with Crippen LogP contribution in [0.4, 0.5) is 10.2 Å². The summed E-state index contributed by atoms with van der Waals surface area (Å²) in [6, 6.07) is 6.91. The molecule has 2 aromatic heterocycles. The molecule has 1 aliphatic heterocycles. The molecule has 0 aliphatic carbocycles. The lowest BCUT2D eigenvalue weighted by atomic mass is 10.1. The monoisotopic (exact) mass is 444 g/mol. The van der Waals surface area contributed by atoms with Gasteiger partial charge in [-0.05, 0) is 19.1 Å². The second kappa shape index (κ2) is 9.51. The Morgan fingerprint density at radius 2 is 1.94 bits per heavy atom. The maximum absolute atomic E-state index is 13.8. The standard InChI is InChI=1S/C21H22ClFN6O2/c1-13-27-19(29-4-6-30-7-5-29)9-20(28-13)31-18-8-15(22)2-3-16(18)21-25-11-14(12-26-21)17(23)10-24/h2-3,8-9,11-12,17H,4-7,10,24H2,1H3/t17-/m0/s1. The zero-order valence-electron chi connectivity index (χ0n) is 17.0. The van der Waals surface area contributed by atoms with Crippen molar-refractivity contribution in [2.24, 2.45) is 5.73 Å². The third-order valence-electron chi connectivity index (χ3n) is 4.78. The number of hydrogen-bond donors (Lipinski definition) is 1. The summed E-state index contributed by atoms with van der Waals surface area (Å²) in [6.45, 7) is 4.47. The molecular formula is C21H22ClFN6O2. The Morgan fingerprint density at radius 1 is 1.19 bits per heavy atom. The third kappa shape index (κ3) is 5.07. The van der Waals surface area contributed by atoms with E-state index in [0.29, 0.717) is 52.6 Å². The van der Waals surface area contributed by atoms with Crippen LogP contribution in [0.15, 0.2) is 36.7 Å².